The summed E-state index contributed by atoms with van der Waals surface area (Å²) in [6, 6.07) is 0. The zero-order chi connectivity index (χ0) is 5.82. The smallest absolute Gasteiger partial charge is 0.0664 e. The summed E-state index contributed by atoms with van der Waals surface area (Å²) in [4.78, 5) is 0. The van der Waals surface area contributed by atoms with E-state index in [-0.39, 0.29) is 6.10 Å². The van der Waals surface area contributed by atoms with Gasteiger partial charge in [0.1, 0.15) is 0 Å². The Labute approximate surface area is 49.9 Å². The Kier molecular flexibility index (Phi) is 2.30. The largest absolute Gasteiger partial charge is 0.392 e. The number of aliphatic hydroxyl groups is 1. The topological polar surface area (TPSA) is 32.3 Å². The molecule has 2 heteroatoms. The van der Waals surface area contributed by atoms with Crippen LogP contribution in [0.3, 0.4) is 0 Å². The van der Waals surface area contributed by atoms with Gasteiger partial charge in [0.2, 0.25) is 0 Å². The molecule has 0 aromatic carbocycles. The Hall–Kier alpha value is -0.0800. The Bertz CT molecular complexity index is 57.5. The van der Waals surface area contributed by atoms with Crippen LogP contribution in [0.5, 0.6) is 0 Å². The first-order valence-electron chi connectivity index (χ1n) is 3.28. The maximum absolute atomic E-state index is 9.03. The molecule has 0 saturated carbocycles. The van der Waals surface area contributed by atoms with Crippen LogP contribution < -0.4 is 5.32 Å². The minimum Gasteiger partial charge on any atom is -0.392 e. The SMILES string of the molecule is O[C@H]1CCCCNC1. The molecule has 0 unspecified atom stereocenters. The summed E-state index contributed by atoms with van der Waals surface area (Å²) in [7, 11) is 0. The van der Waals surface area contributed by atoms with Crippen molar-refractivity contribution >= 4 is 0 Å². The van der Waals surface area contributed by atoms with Crippen molar-refractivity contribution in [3.63, 3.8) is 0 Å². The van der Waals surface area contributed by atoms with Crippen molar-refractivity contribution in [2.45, 2.75) is 25.4 Å². The summed E-state index contributed by atoms with van der Waals surface area (Å²) in [5, 5.41) is 12.2. The van der Waals surface area contributed by atoms with E-state index in [4.69, 9.17) is 5.11 Å². The maximum Gasteiger partial charge on any atom is 0.0664 e. The van der Waals surface area contributed by atoms with E-state index < -0.39 is 0 Å². The van der Waals surface area contributed by atoms with E-state index in [1.807, 2.05) is 0 Å². The average molecular weight is 115 g/mol. The van der Waals surface area contributed by atoms with E-state index >= 15 is 0 Å². The summed E-state index contributed by atoms with van der Waals surface area (Å²) in [6.45, 7) is 1.87. The highest BCUT2D eigenvalue weighted by Crippen LogP contribution is 2.02. The summed E-state index contributed by atoms with van der Waals surface area (Å²) in [5.74, 6) is 0. The molecule has 0 aromatic rings. The minimum absolute atomic E-state index is 0.0856. The highest BCUT2D eigenvalue weighted by atomic mass is 16.3. The maximum atomic E-state index is 9.03. The van der Waals surface area contributed by atoms with Gasteiger partial charge in [0.25, 0.3) is 0 Å². The van der Waals surface area contributed by atoms with Gasteiger partial charge >= 0.3 is 0 Å². The molecule has 1 aliphatic rings. The van der Waals surface area contributed by atoms with Crippen LogP contribution in [0.25, 0.3) is 0 Å². The zero-order valence-electron chi connectivity index (χ0n) is 5.06. The van der Waals surface area contributed by atoms with E-state index in [9.17, 15) is 0 Å². The normalized spacial score (nSPS) is 31.9. The fraction of sp³-hybridized carbons (Fsp3) is 1.00. The number of aliphatic hydroxyl groups excluding tert-OH is 1. The molecular weight excluding hydrogens is 102 g/mol. The average Bonchev–Trinajstić information content (AvgIpc) is 1.94. The Morgan fingerprint density at radius 2 is 2.25 bits per heavy atom. The first-order chi connectivity index (χ1) is 3.89. The van der Waals surface area contributed by atoms with E-state index in [1.165, 1.54) is 12.8 Å². The molecule has 1 saturated heterocycles. The van der Waals surface area contributed by atoms with Crippen LogP contribution in [0, 0.1) is 0 Å². The predicted molar refractivity (Wildman–Crippen MR) is 32.7 cm³/mol. The summed E-state index contributed by atoms with van der Waals surface area (Å²) >= 11 is 0. The van der Waals surface area contributed by atoms with Gasteiger partial charge in [-0.2, -0.15) is 0 Å². The molecule has 0 bridgehead atoms. The molecule has 0 radical (unpaired) electrons. The Morgan fingerprint density at radius 3 is 3.12 bits per heavy atom. The second kappa shape index (κ2) is 3.05. The number of nitrogens with one attached hydrogen (secondary N) is 1. The molecule has 1 fully saturated rings. The van der Waals surface area contributed by atoms with E-state index in [2.05, 4.69) is 5.32 Å². The molecule has 2 N–H and O–H groups in total. The zero-order valence-corrected chi connectivity index (χ0v) is 5.06. The lowest BCUT2D eigenvalue weighted by Gasteiger charge is -2.03. The second-order valence-electron chi connectivity index (χ2n) is 2.35. The fourth-order valence-corrected chi connectivity index (χ4v) is 1.00. The van der Waals surface area contributed by atoms with Crippen LogP contribution in [0.4, 0.5) is 0 Å². The molecule has 1 rings (SSSR count). The molecular formula is C6H13NO. The van der Waals surface area contributed by atoms with Crippen molar-refractivity contribution in [2.75, 3.05) is 13.1 Å². The van der Waals surface area contributed by atoms with Gasteiger partial charge < -0.3 is 10.4 Å². The lowest BCUT2D eigenvalue weighted by atomic mass is 10.2. The molecule has 1 aliphatic heterocycles. The second-order valence-corrected chi connectivity index (χ2v) is 2.35. The number of hydrogen-bond acceptors (Lipinski definition) is 2. The van der Waals surface area contributed by atoms with E-state index in [0.29, 0.717) is 0 Å². The van der Waals surface area contributed by atoms with Gasteiger partial charge in [0.15, 0.2) is 0 Å². The van der Waals surface area contributed by atoms with Crippen molar-refractivity contribution in [3.05, 3.63) is 0 Å². The quantitative estimate of drug-likeness (QED) is 0.470. The molecule has 1 heterocycles. The van der Waals surface area contributed by atoms with Crippen LogP contribution >= 0.6 is 0 Å². The number of β-amino-alcohol motifs (C(OH)–C–C–N with tert-alkyl or cyclic N) is 1. The Morgan fingerprint density at radius 1 is 1.38 bits per heavy atom. The highest BCUT2D eigenvalue weighted by molar-refractivity contribution is 4.64. The third-order valence-electron chi connectivity index (χ3n) is 1.52. The van der Waals surface area contributed by atoms with Crippen molar-refractivity contribution in [3.8, 4) is 0 Å². The highest BCUT2D eigenvalue weighted by Gasteiger charge is 2.05. The Balaban J connectivity index is 2.17. The standard InChI is InChI=1S/C6H13NO/c8-6-3-1-2-4-7-5-6/h6-8H,1-5H2/t6-/m0/s1. The number of hydrogen-bond donors (Lipinski definition) is 2. The molecule has 0 aliphatic carbocycles. The number of rotatable bonds is 0. The molecule has 8 heavy (non-hydrogen) atoms. The van der Waals surface area contributed by atoms with E-state index in [1.54, 1.807) is 0 Å². The third kappa shape index (κ3) is 1.80. The van der Waals surface area contributed by atoms with Crippen LogP contribution in [0.15, 0.2) is 0 Å². The lowest BCUT2D eigenvalue weighted by Crippen LogP contribution is -2.23. The first kappa shape index (κ1) is 6.05. The molecule has 0 amide bonds. The van der Waals surface area contributed by atoms with Gasteiger partial charge in [-0.05, 0) is 25.8 Å². The van der Waals surface area contributed by atoms with Crippen molar-refractivity contribution in [2.24, 2.45) is 0 Å². The summed E-state index contributed by atoms with van der Waals surface area (Å²) in [6.07, 6.45) is 3.29. The predicted octanol–water partition coefficient (Wildman–Crippen LogP) is 0.121. The summed E-state index contributed by atoms with van der Waals surface area (Å²) in [5.41, 5.74) is 0. The van der Waals surface area contributed by atoms with Gasteiger partial charge in [0.05, 0.1) is 6.10 Å². The van der Waals surface area contributed by atoms with Gasteiger partial charge in [-0.1, -0.05) is 0 Å². The van der Waals surface area contributed by atoms with Gasteiger partial charge in [-0.25, -0.2) is 0 Å². The monoisotopic (exact) mass is 115 g/mol. The van der Waals surface area contributed by atoms with Gasteiger partial charge in [0, 0.05) is 6.54 Å². The molecule has 0 spiro atoms. The van der Waals surface area contributed by atoms with Crippen LogP contribution in [0.1, 0.15) is 19.3 Å². The summed E-state index contributed by atoms with van der Waals surface area (Å²) < 4.78 is 0. The van der Waals surface area contributed by atoms with Crippen LogP contribution in [-0.2, 0) is 0 Å². The molecule has 48 valence electrons. The lowest BCUT2D eigenvalue weighted by molar-refractivity contribution is 0.168. The van der Waals surface area contributed by atoms with Crippen LogP contribution in [0.2, 0.25) is 0 Å². The van der Waals surface area contributed by atoms with E-state index in [0.717, 1.165) is 19.5 Å². The molecule has 2 nitrogen and oxygen atoms in total. The molecule has 1 atom stereocenters. The van der Waals surface area contributed by atoms with Crippen molar-refractivity contribution < 1.29 is 5.11 Å². The van der Waals surface area contributed by atoms with Gasteiger partial charge in [-0.3, -0.25) is 0 Å². The van der Waals surface area contributed by atoms with Crippen molar-refractivity contribution in [1.82, 2.24) is 5.32 Å². The fourth-order valence-electron chi connectivity index (χ4n) is 1.00. The van der Waals surface area contributed by atoms with Crippen LogP contribution in [-0.4, -0.2) is 24.3 Å². The van der Waals surface area contributed by atoms with Gasteiger partial charge in [-0.15, -0.1) is 0 Å². The molecule has 0 aromatic heterocycles. The van der Waals surface area contributed by atoms with Crippen molar-refractivity contribution in [1.29, 1.82) is 0 Å². The third-order valence-corrected chi connectivity index (χ3v) is 1.52. The first-order valence-corrected chi connectivity index (χ1v) is 3.28. The minimum atomic E-state index is -0.0856.